The molecule has 1 aromatic rings. The summed E-state index contributed by atoms with van der Waals surface area (Å²) in [5.41, 5.74) is 0.475. The Balaban J connectivity index is 2.70. The second-order valence-corrected chi connectivity index (χ2v) is 6.83. The number of halogens is 1. The average molecular weight is 321 g/mol. The van der Waals surface area contributed by atoms with Crippen molar-refractivity contribution in [1.82, 2.24) is 4.31 Å². The predicted octanol–water partition coefficient (Wildman–Crippen LogP) is 1.57. The first-order valence-corrected chi connectivity index (χ1v) is 7.86. The van der Waals surface area contributed by atoms with E-state index < -0.39 is 15.9 Å². The van der Waals surface area contributed by atoms with E-state index >= 15 is 0 Å². The van der Waals surface area contributed by atoms with Crippen molar-refractivity contribution < 1.29 is 17.9 Å². The minimum Gasteiger partial charge on any atom is -0.495 e. The summed E-state index contributed by atoms with van der Waals surface area (Å²) in [5.74, 6) is 0.00612. The number of likely N-dealkylation sites (N-methyl/N-ethyl adjacent to an activating group) is 1. The van der Waals surface area contributed by atoms with Gasteiger partial charge in [-0.1, -0.05) is 11.6 Å². The summed E-state index contributed by atoms with van der Waals surface area (Å²) in [7, 11) is -0.527. The smallest absolute Gasteiger partial charge is 0.239 e. The summed E-state index contributed by atoms with van der Waals surface area (Å²) in [6, 6.07) is 4.77. The predicted molar refractivity (Wildman–Crippen MR) is 78.7 cm³/mol. The number of methoxy groups -OCH3 is 1. The number of anilines is 1. The molecule has 112 valence electrons. The maximum Gasteiger partial charge on any atom is 0.239 e. The minimum absolute atomic E-state index is 0.0505. The summed E-state index contributed by atoms with van der Waals surface area (Å²) in [6.45, 7) is 1.27. The molecule has 0 heterocycles. The first kappa shape index (κ1) is 16.7. The average Bonchev–Trinajstić information content (AvgIpc) is 2.38. The molecule has 0 spiro atoms. The van der Waals surface area contributed by atoms with E-state index in [0.717, 1.165) is 4.31 Å². The molecule has 1 amide bonds. The van der Waals surface area contributed by atoms with Crippen molar-refractivity contribution in [2.45, 2.75) is 6.92 Å². The van der Waals surface area contributed by atoms with Crippen LogP contribution in [0.3, 0.4) is 0 Å². The van der Waals surface area contributed by atoms with Crippen LogP contribution in [-0.4, -0.2) is 45.1 Å². The van der Waals surface area contributed by atoms with Gasteiger partial charge in [-0.15, -0.1) is 0 Å². The van der Waals surface area contributed by atoms with Crippen molar-refractivity contribution in [1.29, 1.82) is 0 Å². The van der Waals surface area contributed by atoms with Gasteiger partial charge in [-0.05, 0) is 25.1 Å². The molecule has 0 aliphatic rings. The molecule has 0 aromatic heterocycles. The summed E-state index contributed by atoms with van der Waals surface area (Å²) in [4.78, 5) is 11.8. The number of carbonyl (C=O) groups excluding carboxylic acids is 1. The molecule has 1 N–H and O–H groups in total. The number of nitrogens with zero attached hydrogens (tertiary/aromatic N) is 1. The third kappa shape index (κ3) is 4.36. The number of carbonyl (C=O) groups is 1. The van der Waals surface area contributed by atoms with Crippen molar-refractivity contribution in [2.75, 3.05) is 31.8 Å². The summed E-state index contributed by atoms with van der Waals surface area (Å²) >= 11 is 5.93. The third-order valence-electron chi connectivity index (χ3n) is 2.64. The van der Waals surface area contributed by atoms with E-state index in [4.69, 9.17) is 16.3 Å². The molecule has 0 unspecified atom stereocenters. The second kappa shape index (κ2) is 6.92. The zero-order chi connectivity index (χ0) is 15.3. The highest BCUT2D eigenvalue weighted by molar-refractivity contribution is 7.89. The van der Waals surface area contributed by atoms with E-state index in [9.17, 15) is 13.2 Å². The number of ether oxygens (including phenoxy) is 1. The van der Waals surface area contributed by atoms with Gasteiger partial charge in [0.1, 0.15) is 5.75 Å². The standard InChI is InChI=1S/C12H17ClN2O4S/c1-4-20(17,18)15(2)8-12(16)14-9-5-6-11(19-3)10(13)7-9/h5-7H,4,8H2,1-3H3,(H,14,16). The Morgan fingerprint density at radius 3 is 2.60 bits per heavy atom. The van der Waals surface area contributed by atoms with Crippen LogP contribution in [0.25, 0.3) is 0 Å². The van der Waals surface area contributed by atoms with Gasteiger partial charge in [-0.3, -0.25) is 4.79 Å². The van der Waals surface area contributed by atoms with Gasteiger partial charge in [0.05, 0.1) is 24.4 Å². The van der Waals surface area contributed by atoms with Crippen LogP contribution in [0, 0.1) is 0 Å². The molecule has 8 heteroatoms. The van der Waals surface area contributed by atoms with Crippen LogP contribution in [-0.2, 0) is 14.8 Å². The highest BCUT2D eigenvalue weighted by Crippen LogP contribution is 2.27. The molecule has 0 radical (unpaired) electrons. The fraction of sp³-hybridized carbons (Fsp3) is 0.417. The maximum atomic E-state index is 11.8. The minimum atomic E-state index is -3.38. The quantitative estimate of drug-likeness (QED) is 0.863. The van der Waals surface area contributed by atoms with Gasteiger partial charge < -0.3 is 10.1 Å². The van der Waals surface area contributed by atoms with Gasteiger partial charge in [0.25, 0.3) is 0 Å². The highest BCUT2D eigenvalue weighted by atomic mass is 35.5. The number of nitrogens with one attached hydrogen (secondary N) is 1. The van der Waals surface area contributed by atoms with E-state index in [1.165, 1.54) is 27.1 Å². The fourth-order valence-electron chi connectivity index (χ4n) is 1.47. The fourth-order valence-corrected chi connectivity index (χ4v) is 2.48. The van der Waals surface area contributed by atoms with Crippen molar-refractivity contribution in [3.05, 3.63) is 23.2 Å². The Hall–Kier alpha value is -1.31. The lowest BCUT2D eigenvalue weighted by Gasteiger charge is -2.15. The lowest BCUT2D eigenvalue weighted by molar-refractivity contribution is -0.116. The van der Waals surface area contributed by atoms with Crippen molar-refractivity contribution in [3.63, 3.8) is 0 Å². The third-order valence-corrected chi connectivity index (χ3v) is 4.75. The van der Waals surface area contributed by atoms with Crippen LogP contribution < -0.4 is 10.1 Å². The molecule has 1 aromatic carbocycles. The first-order chi connectivity index (χ1) is 9.30. The van der Waals surface area contributed by atoms with E-state index in [0.29, 0.717) is 16.5 Å². The molecule has 0 saturated carbocycles. The maximum absolute atomic E-state index is 11.8. The topological polar surface area (TPSA) is 75.7 Å². The number of amides is 1. The number of rotatable bonds is 6. The van der Waals surface area contributed by atoms with Gasteiger partial charge in [0.2, 0.25) is 15.9 Å². The van der Waals surface area contributed by atoms with Crippen LogP contribution >= 0.6 is 11.6 Å². The van der Waals surface area contributed by atoms with Crippen molar-refractivity contribution >= 4 is 33.2 Å². The van der Waals surface area contributed by atoms with E-state index in [1.807, 2.05) is 0 Å². The molecular formula is C12H17ClN2O4S. The Kier molecular flexibility index (Phi) is 5.79. The summed E-state index contributed by atoms with van der Waals surface area (Å²) in [6.07, 6.45) is 0. The number of hydrogen-bond donors (Lipinski definition) is 1. The molecule has 0 aliphatic carbocycles. The SMILES string of the molecule is CCS(=O)(=O)N(C)CC(=O)Nc1ccc(OC)c(Cl)c1. The molecule has 20 heavy (non-hydrogen) atoms. The molecule has 6 nitrogen and oxygen atoms in total. The second-order valence-electron chi connectivity index (χ2n) is 4.05. The zero-order valence-corrected chi connectivity index (χ0v) is 13.1. The molecule has 1 rings (SSSR count). The van der Waals surface area contributed by atoms with Gasteiger partial charge in [-0.2, -0.15) is 4.31 Å². The van der Waals surface area contributed by atoms with Crippen molar-refractivity contribution in [3.8, 4) is 5.75 Å². The van der Waals surface area contributed by atoms with Gasteiger partial charge in [0.15, 0.2) is 0 Å². The Morgan fingerprint density at radius 1 is 1.45 bits per heavy atom. The molecular weight excluding hydrogens is 304 g/mol. The molecule has 0 saturated heterocycles. The number of hydrogen-bond acceptors (Lipinski definition) is 4. The van der Waals surface area contributed by atoms with E-state index in [1.54, 1.807) is 12.1 Å². The highest BCUT2D eigenvalue weighted by Gasteiger charge is 2.18. The van der Waals surface area contributed by atoms with Crippen LogP contribution in [0.1, 0.15) is 6.92 Å². The number of benzene rings is 1. The van der Waals surface area contributed by atoms with Crippen LogP contribution in [0.2, 0.25) is 5.02 Å². The van der Waals surface area contributed by atoms with Crippen LogP contribution in [0.15, 0.2) is 18.2 Å². The summed E-state index contributed by atoms with van der Waals surface area (Å²) < 4.78 is 29.1. The normalized spacial score (nSPS) is 11.4. The van der Waals surface area contributed by atoms with Crippen LogP contribution in [0.5, 0.6) is 5.75 Å². The Bertz CT molecular complexity index is 589. The number of sulfonamides is 1. The molecule has 0 aliphatic heterocycles. The zero-order valence-electron chi connectivity index (χ0n) is 11.5. The molecule has 0 fully saturated rings. The van der Waals surface area contributed by atoms with Crippen LogP contribution in [0.4, 0.5) is 5.69 Å². The Labute approximate surface area is 123 Å². The lowest BCUT2D eigenvalue weighted by atomic mass is 10.3. The van der Waals surface area contributed by atoms with E-state index in [2.05, 4.69) is 5.32 Å². The Morgan fingerprint density at radius 2 is 2.10 bits per heavy atom. The molecule has 0 bridgehead atoms. The van der Waals surface area contributed by atoms with E-state index in [-0.39, 0.29) is 12.3 Å². The summed E-state index contributed by atoms with van der Waals surface area (Å²) in [5, 5.41) is 2.94. The van der Waals surface area contributed by atoms with Gasteiger partial charge in [0, 0.05) is 12.7 Å². The molecule has 0 atom stereocenters. The largest absolute Gasteiger partial charge is 0.495 e. The van der Waals surface area contributed by atoms with Gasteiger partial charge in [-0.25, -0.2) is 8.42 Å². The van der Waals surface area contributed by atoms with Crippen molar-refractivity contribution in [2.24, 2.45) is 0 Å². The lowest BCUT2D eigenvalue weighted by Crippen LogP contribution is -2.35. The van der Waals surface area contributed by atoms with Gasteiger partial charge >= 0.3 is 0 Å². The monoisotopic (exact) mass is 320 g/mol. The first-order valence-electron chi connectivity index (χ1n) is 5.87.